The molecule has 1 aliphatic carbocycles. The van der Waals surface area contributed by atoms with Gasteiger partial charge in [-0.1, -0.05) is 23.2 Å². The summed E-state index contributed by atoms with van der Waals surface area (Å²) in [4.78, 5) is 2.34. The summed E-state index contributed by atoms with van der Waals surface area (Å²) in [6.07, 6.45) is 2.29. The number of hydrogen-bond donors (Lipinski definition) is 2. The van der Waals surface area contributed by atoms with Crippen LogP contribution in [0.5, 0.6) is 0 Å². The zero-order valence-corrected chi connectivity index (χ0v) is 13.6. The summed E-state index contributed by atoms with van der Waals surface area (Å²) >= 11 is 12.2. The van der Waals surface area contributed by atoms with Crippen molar-refractivity contribution in [3.63, 3.8) is 0 Å². The number of benzene rings is 1. The molecule has 1 fully saturated rings. The summed E-state index contributed by atoms with van der Waals surface area (Å²) in [6, 6.07) is 3.55. The van der Waals surface area contributed by atoms with Crippen molar-refractivity contribution in [3.8, 4) is 0 Å². The molecule has 5 nitrogen and oxygen atoms in total. The first-order chi connectivity index (χ1) is 9.29. The number of nitrogens with one attached hydrogen (secondary N) is 2. The molecule has 0 saturated heterocycles. The molecule has 1 saturated carbocycles. The van der Waals surface area contributed by atoms with Gasteiger partial charge in [0.1, 0.15) is 4.90 Å². The third kappa shape index (κ3) is 4.07. The van der Waals surface area contributed by atoms with Crippen LogP contribution >= 0.6 is 23.2 Å². The summed E-state index contributed by atoms with van der Waals surface area (Å²) in [6.45, 7) is 0.508. The van der Waals surface area contributed by atoms with Gasteiger partial charge in [0.2, 0.25) is 0 Å². The first-order valence-electron chi connectivity index (χ1n) is 6.20. The highest BCUT2D eigenvalue weighted by molar-refractivity contribution is 7.89. The van der Waals surface area contributed by atoms with Gasteiger partial charge in [-0.3, -0.25) is 0 Å². The van der Waals surface area contributed by atoms with Crippen molar-refractivity contribution in [2.75, 3.05) is 14.1 Å². The van der Waals surface area contributed by atoms with Gasteiger partial charge in [0.05, 0.1) is 5.02 Å². The van der Waals surface area contributed by atoms with Gasteiger partial charge in [-0.05, 0) is 30.5 Å². The van der Waals surface area contributed by atoms with E-state index < -0.39 is 10.0 Å². The average molecular weight is 338 g/mol. The highest BCUT2D eigenvalue weighted by atomic mass is 35.5. The fraction of sp³-hybridized carbons (Fsp3) is 0.500. The SMILES string of the molecule is CN(C)NS(=O)(=O)c1cc(Cl)cc(CNC2CC2)c1Cl. The normalized spacial score (nSPS) is 15.8. The fourth-order valence-electron chi connectivity index (χ4n) is 1.77. The van der Waals surface area contributed by atoms with Gasteiger partial charge in [-0.2, -0.15) is 0 Å². The lowest BCUT2D eigenvalue weighted by molar-refractivity contribution is 0.364. The predicted octanol–water partition coefficient (Wildman–Crippen LogP) is 2.00. The second kappa shape index (κ2) is 6.17. The molecule has 1 aliphatic rings. The number of sulfonamides is 1. The van der Waals surface area contributed by atoms with Gasteiger partial charge >= 0.3 is 0 Å². The van der Waals surface area contributed by atoms with Gasteiger partial charge < -0.3 is 5.32 Å². The summed E-state index contributed by atoms with van der Waals surface area (Å²) in [7, 11) is -0.549. The second-order valence-electron chi connectivity index (χ2n) is 5.02. The van der Waals surface area contributed by atoms with Crippen LogP contribution in [-0.2, 0) is 16.6 Å². The zero-order valence-electron chi connectivity index (χ0n) is 11.3. The molecule has 0 aliphatic heterocycles. The highest BCUT2D eigenvalue weighted by Crippen LogP contribution is 2.30. The van der Waals surface area contributed by atoms with Crippen LogP contribution in [0.1, 0.15) is 18.4 Å². The topological polar surface area (TPSA) is 61.4 Å². The number of nitrogens with zero attached hydrogens (tertiary/aromatic N) is 1. The maximum absolute atomic E-state index is 12.2. The lowest BCUT2D eigenvalue weighted by atomic mass is 10.2. The minimum Gasteiger partial charge on any atom is -0.310 e. The molecular weight excluding hydrogens is 321 g/mol. The maximum Gasteiger partial charge on any atom is 0.254 e. The molecule has 0 heterocycles. The van der Waals surface area contributed by atoms with Crippen molar-refractivity contribution >= 4 is 33.2 Å². The standard InChI is InChI=1S/C12H17Cl2N3O2S/c1-17(2)16-20(18,19)11-6-9(13)5-8(12(11)14)7-15-10-3-4-10/h5-6,10,15-16H,3-4,7H2,1-2H3. The van der Waals surface area contributed by atoms with E-state index in [4.69, 9.17) is 23.2 Å². The Labute approximate surface area is 129 Å². The second-order valence-corrected chi connectivity index (χ2v) is 7.47. The minimum absolute atomic E-state index is 0.00652. The molecule has 0 aromatic heterocycles. The number of rotatable bonds is 6. The van der Waals surface area contributed by atoms with Gasteiger partial charge in [0, 0.05) is 31.7 Å². The molecule has 20 heavy (non-hydrogen) atoms. The van der Waals surface area contributed by atoms with E-state index in [1.165, 1.54) is 11.1 Å². The molecule has 2 rings (SSSR count). The van der Waals surface area contributed by atoms with E-state index in [0.717, 1.165) is 12.8 Å². The molecule has 0 atom stereocenters. The molecule has 0 bridgehead atoms. The summed E-state index contributed by atoms with van der Waals surface area (Å²) < 4.78 is 24.4. The number of halogens is 2. The van der Waals surface area contributed by atoms with Crippen molar-refractivity contribution in [2.24, 2.45) is 0 Å². The Bertz CT molecular complexity index is 601. The van der Waals surface area contributed by atoms with Crippen molar-refractivity contribution in [2.45, 2.75) is 30.3 Å². The van der Waals surface area contributed by atoms with Crippen molar-refractivity contribution in [1.82, 2.24) is 15.2 Å². The molecule has 8 heteroatoms. The summed E-state index contributed by atoms with van der Waals surface area (Å²) in [5.74, 6) is 0. The first kappa shape index (κ1) is 16.0. The molecule has 112 valence electrons. The van der Waals surface area contributed by atoms with Crippen LogP contribution in [0, 0.1) is 0 Å². The van der Waals surface area contributed by atoms with Gasteiger partial charge in [-0.25, -0.2) is 13.4 Å². The van der Waals surface area contributed by atoms with Gasteiger partial charge in [0.15, 0.2) is 0 Å². The van der Waals surface area contributed by atoms with Crippen LogP contribution in [0.2, 0.25) is 10.0 Å². The van der Waals surface area contributed by atoms with Crippen LogP contribution in [0.25, 0.3) is 0 Å². The highest BCUT2D eigenvalue weighted by Gasteiger charge is 2.24. The fourth-order valence-corrected chi connectivity index (χ4v) is 3.79. The Morgan fingerprint density at radius 1 is 1.30 bits per heavy atom. The molecule has 0 amide bonds. The van der Waals surface area contributed by atoms with E-state index in [0.29, 0.717) is 23.2 Å². The Morgan fingerprint density at radius 3 is 2.50 bits per heavy atom. The Balaban J connectivity index is 2.32. The van der Waals surface area contributed by atoms with Crippen molar-refractivity contribution < 1.29 is 8.42 Å². The molecule has 1 aromatic rings. The van der Waals surface area contributed by atoms with Gasteiger partial charge in [0.25, 0.3) is 10.0 Å². The van der Waals surface area contributed by atoms with E-state index in [2.05, 4.69) is 10.1 Å². The Kier molecular flexibility index (Phi) is 4.94. The minimum atomic E-state index is -3.73. The summed E-state index contributed by atoms with van der Waals surface area (Å²) in [5.41, 5.74) is 0.685. The predicted molar refractivity (Wildman–Crippen MR) is 80.3 cm³/mol. The Hall–Kier alpha value is -0.370. The zero-order chi connectivity index (χ0) is 14.9. The van der Waals surface area contributed by atoms with E-state index in [9.17, 15) is 8.42 Å². The van der Waals surface area contributed by atoms with Crippen molar-refractivity contribution in [1.29, 1.82) is 0 Å². The number of hydrogen-bond acceptors (Lipinski definition) is 4. The molecule has 0 radical (unpaired) electrons. The van der Waals surface area contributed by atoms with Crippen molar-refractivity contribution in [3.05, 3.63) is 27.7 Å². The average Bonchev–Trinajstić information content (AvgIpc) is 3.11. The van der Waals surface area contributed by atoms with Crippen LogP contribution in [0.4, 0.5) is 0 Å². The van der Waals surface area contributed by atoms with Crippen LogP contribution in [-0.4, -0.2) is 33.6 Å². The molecular formula is C12H17Cl2N3O2S. The molecule has 2 N–H and O–H groups in total. The van der Waals surface area contributed by atoms with E-state index in [1.54, 1.807) is 20.2 Å². The lowest BCUT2D eigenvalue weighted by Crippen LogP contribution is -2.36. The van der Waals surface area contributed by atoms with E-state index >= 15 is 0 Å². The maximum atomic E-state index is 12.2. The largest absolute Gasteiger partial charge is 0.310 e. The smallest absolute Gasteiger partial charge is 0.254 e. The molecule has 0 spiro atoms. The molecule has 1 aromatic carbocycles. The first-order valence-corrected chi connectivity index (χ1v) is 8.44. The van der Waals surface area contributed by atoms with Crippen LogP contribution in [0.15, 0.2) is 17.0 Å². The third-order valence-electron chi connectivity index (χ3n) is 2.83. The summed E-state index contributed by atoms with van der Waals surface area (Å²) in [5, 5.41) is 5.19. The molecule has 0 unspecified atom stereocenters. The number of hydrazine groups is 1. The lowest BCUT2D eigenvalue weighted by Gasteiger charge is -2.16. The van der Waals surface area contributed by atoms with E-state index in [-0.39, 0.29) is 9.92 Å². The monoisotopic (exact) mass is 337 g/mol. The van der Waals surface area contributed by atoms with E-state index in [1.807, 2.05) is 0 Å². The Morgan fingerprint density at radius 2 is 1.95 bits per heavy atom. The van der Waals surface area contributed by atoms with Gasteiger partial charge in [-0.15, -0.1) is 4.83 Å². The third-order valence-corrected chi connectivity index (χ3v) is 5.11. The quantitative estimate of drug-likeness (QED) is 0.779. The van der Waals surface area contributed by atoms with Crippen LogP contribution in [0.3, 0.4) is 0 Å². The van der Waals surface area contributed by atoms with Crippen LogP contribution < -0.4 is 10.1 Å².